The molecule has 1 aliphatic rings. The standard InChI is InChI=1S/C19H14BrClFN3O2/c20-13-4-1-11(2-5-13)18-23-19(27-24-18)16-7-8-17(26)25(16)10-12-3-6-14(22)9-15(12)21/h1-6,9,16H,7-8,10H2. The number of likely N-dealkylation sites (tertiary alicyclic amines) is 1. The molecule has 1 saturated heterocycles. The molecule has 0 aliphatic carbocycles. The lowest BCUT2D eigenvalue weighted by Crippen LogP contribution is -2.27. The van der Waals surface area contributed by atoms with Crippen LogP contribution in [0.2, 0.25) is 5.02 Å². The average Bonchev–Trinajstić information content (AvgIpc) is 3.25. The number of nitrogens with zero attached hydrogens (tertiary/aromatic N) is 3. The number of halogens is 3. The normalized spacial score (nSPS) is 16.9. The first-order valence-corrected chi connectivity index (χ1v) is 9.51. The molecule has 1 fully saturated rings. The van der Waals surface area contributed by atoms with Crippen molar-refractivity contribution in [3.05, 3.63) is 69.2 Å². The summed E-state index contributed by atoms with van der Waals surface area (Å²) >= 11 is 9.50. The highest BCUT2D eigenvalue weighted by Gasteiger charge is 2.36. The third-order valence-corrected chi connectivity index (χ3v) is 5.39. The van der Waals surface area contributed by atoms with E-state index in [2.05, 4.69) is 26.1 Å². The van der Waals surface area contributed by atoms with E-state index in [-0.39, 0.29) is 23.5 Å². The number of rotatable bonds is 4. The number of hydrogen-bond acceptors (Lipinski definition) is 4. The third kappa shape index (κ3) is 3.75. The van der Waals surface area contributed by atoms with Gasteiger partial charge in [-0.05, 0) is 48.4 Å². The molecule has 2 heterocycles. The predicted octanol–water partition coefficient (Wildman–Crippen LogP) is 5.16. The fourth-order valence-corrected chi connectivity index (χ4v) is 3.60. The number of carbonyl (C=O) groups is 1. The van der Waals surface area contributed by atoms with E-state index >= 15 is 0 Å². The number of carbonyl (C=O) groups excluding carboxylic acids is 1. The van der Waals surface area contributed by atoms with Crippen LogP contribution in [0.3, 0.4) is 0 Å². The Morgan fingerprint density at radius 3 is 2.78 bits per heavy atom. The largest absolute Gasteiger partial charge is 0.337 e. The van der Waals surface area contributed by atoms with Crippen LogP contribution in [-0.4, -0.2) is 20.9 Å². The van der Waals surface area contributed by atoms with E-state index in [4.69, 9.17) is 16.1 Å². The van der Waals surface area contributed by atoms with Crippen molar-refractivity contribution in [1.29, 1.82) is 0 Å². The molecule has 1 unspecified atom stereocenters. The lowest BCUT2D eigenvalue weighted by atomic mass is 10.1. The minimum Gasteiger partial charge on any atom is -0.337 e. The van der Waals surface area contributed by atoms with Gasteiger partial charge in [-0.15, -0.1) is 0 Å². The quantitative estimate of drug-likeness (QED) is 0.551. The summed E-state index contributed by atoms with van der Waals surface area (Å²) in [6.45, 7) is 0.263. The highest BCUT2D eigenvalue weighted by Crippen LogP contribution is 2.35. The summed E-state index contributed by atoms with van der Waals surface area (Å²) in [5.74, 6) is 0.418. The van der Waals surface area contributed by atoms with Crippen molar-refractivity contribution in [2.24, 2.45) is 0 Å². The highest BCUT2D eigenvalue weighted by molar-refractivity contribution is 9.10. The molecule has 4 rings (SSSR count). The SMILES string of the molecule is O=C1CCC(c2nc(-c3ccc(Br)cc3)no2)N1Cc1ccc(F)cc1Cl. The molecule has 5 nitrogen and oxygen atoms in total. The van der Waals surface area contributed by atoms with Crippen LogP contribution in [0.4, 0.5) is 4.39 Å². The molecule has 2 aromatic carbocycles. The van der Waals surface area contributed by atoms with Gasteiger partial charge in [0.05, 0.1) is 0 Å². The number of benzene rings is 2. The van der Waals surface area contributed by atoms with Crippen LogP contribution < -0.4 is 0 Å². The summed E-state index contributed by atoms with van der Waals surface area (Å²) in [7, 11) is 0. The Labute approximate surface area is 168 Å². The highest BCUT2D eigenvalue weighted by atomic mass is 79.9. The van der Waals surface area contributed by atoms with Crippen LogP contribution in [0.15, 0.2) is 51.5 Å². The van der Waals surface area contributed by atoms with E-state index in [1.54, 1.807) is 11.0 Å². The maximum absolute atomic E-state index is 13.3. The lowest BCUT2D eigenvalue weighted by Gasteiger charge is -2.22. The minimum absolute atomic E-state index is 0.0243. The average molecular weight is 451 g/mol. The molecule has 0 N–H and O–H groups in total. The second-order valence-corrected chi connectivity index (χ2v) is 7.60. The van der Waals surface area contributed by atoms with Gasteiger partial charge in [0.25, 0.3) is 0 Å². The number of amides is 1. The van der Waals surface area contributed by atoms with Crippen LogP contribution in [0, 0.1) is 5.82 Å². The summed E-state index contributed by atoms with van der Waals surface area (Å²) in [5.41, 5.74) is 1.50. The van der Waals surface area contributed by atoms with Gasteiger partial charge in [0, 0.05) is 28.0 Å². The van der Waals surface area contributed by atoms with E-state index in [1.807, 2.05) is 24.3 Å². The molecular weight excluding hydrogens is 437 g/mol. The Kier molecular flexibility index (Phi) is 4.97. The van der Waals surface area contributed by atoms with E-state index < -0.39 is 5.82 Å². The molecule has 0 bridgehead atoms. The summed E-state index contributed by atoms with van der Waals surface area (Å²) in [5, 5.41) is 4.33. The molecule has 27 heavy (non-hydrogen) atoms. The molecule has 0 radical (unpaired) electrons. The van der Waals surface area contributed by atoms with Gasteiger partial charge in [-0.1, -0.05) is 38.8 Å². The fraction of sp³-hybridized carbons (Fsp3) is 0.211. The van der Waals surface area contributed by atoms with Gasteiger partial charge in [-0.2, -0.15) is 4.98 Å². The first-order chi connectivity index (χ1) is 13.0. The maximum atomic E-state index is 13.3. The Bertz CT molecular complexity index is 993. The van der Waals surface area contributed by atoms with Gasteiger partial charge in [-0.3, -0.25) is 4.79 Å². The van der Waals surface area contributed by atoms with Crippen LogP contribution in [-0.2, 0) is 11.3 Å². The van der Waals surface area contributed by atoms with Crippen molar-refractivity contribution < 1.29 is 13.7 Å². The van der Waals surface area contributed by atoms with Crippen LogP contribution in [0.1, 0.15) is 30.3 Å². The van der Waals surface area contributed by atoms with E-state index in [0.717, 1.165) is 10.0 Å². The number of aromatic nitrogens is 2. The molecule has 1 amide bonds. The van der Waals surface area contributed by atoms with Crippen LogP contribution in [0.25, 0.3) is 11.4 Å². The molecule has 1 aliphatic heterocycles. The first-order valence-electron chi connectivity index (χ1n) is 8.34. The molecular formula is C19H14BrClFN3O2. The Morgan fingerprint density at radius 1 is 1.26 bits per heavy atom. The van der Waals surface area contributed by atoms with Gasteiger partial charge in [0.15, 0.2) is 0 Å². The van der Waals surface area contributed by atoms with Crippen LogP contribution >= 0.6 is 27.5 Å². The van der Waals surface area contributed by atoms with Gasteiger partial charge in [0.1, 0.15) is 11.9 Å². The Balaban J connectivity index is 1.59. The topological polar surface area (TPSA) is 59.2 Å². The van der Waals surface area contributed by atoms with E-state index in [1.165, 1.54) is 12.1 Å². The monoisotopic (exact) mass is 449 g/mol. The molecule has 8 heteroatoms. The van der Waals surface area contributed by atoms with Gasteiger partial charge < -0.3 is 9.42 Å². The van der Waals surface area contributed by atoms with Crippen molar-refractivity contribution in [2.75, 3.05) is 0 Å². The summed E-state index contributed by atoms with van der Waals surface area (Å²) in [6.07, 6.45) is 0.971. The minimum atomic E-state index is -0.413. The maximum Gasteiger partial charge on any atom is 0.249 e. The summed E-state index contributed by atoms with van der Waals surface area (Å²) in [6, 6.07) is 11.4. The zero-order valence-electron chi connectivity index (χ0n) is 14.0. The molecule has 1 atom stereocenters. The molecule has 0 saturated carbocycles. The van der Waals surface area contributed by atoms with Crippen molar-refractivity contribution in [1.82, 2.24) is 15.0 Å². The third-order valence-electron chi connectivity index (χ3n) is 4.51. The van der Waals surface area contributed by atoms with Crippen molar-refractivity contribution in [3.63, 3.8) is 0 Å². The second kappa shape index (κ2) is 7.40. The molecule has 0 spiro atoms. The van der Waals surface area contributed by atoms with Gasteiger partial charge in [-0.25, -0.2) is 4.39 Å². The molecule has 3 aromatic rings. The predicted molar refractivity (Wildman–Crippen MR) is 101 cm³/mol. The lowest BCUT2D eigenvalue weighted by molar-refractivity contribution is -0.129. The van der Waals surface area contributed by atoms with E-state index in [9.17, 15) is 9.18 Å². The van der Waals surface area contributed by atoms with Gasteiger partial charge >= 0.3 is 0 Å². The summed E-state index contributed by atoms with van der Waals surface area (Å²) in [4.78, 5) is 18.5. The zero-order valence-corrected chi connectivity index (χ0v) is 16.4. The summed E-state index contributed by atoms with van der Waals surface area (Å²) < 4.78 is 19.7. The second-order valence-electron chi connectivity index (χ2n) is 6.27. The first kappa shape index (κ1) is 18.1. The van der Waals surface area contributed by atoms with Gasteiger partial charge in [0.2, 0.25) is 17.6 Å². The molecule has 1 aromatic heterocycles. The van der Waals surface area contributed by atoms with Crippen LogP contribution in [0.5, 0.6) is 0 Å². The zero-order chi connectivity index (χ0) is 19.0. The molecule has 138 valence electrons. The fourth-order valence-electron chi connectivity index (χ4n) is 3.11. The van der Waals surface area contributed by atoms with Crippen molar-refractivity contribution in [2.45, 2.75) is 25.4 Å². The smallest absolute Gasteiger partial charge is 0.249 e. The Morgan fingerprint density at radius 2 is 2.04 bits per heavy atom. The van der Waals surface area contributed by atoms with E-state index in [0.29, 0.717) is 30.1 Å². The van der Waals surface area contributed by atoms with Crippen molar-refractivity contribution >= 4 is 33.4 Å². The van der Waals surface area contributed by atoms with Crippen molar-refractivity contribution in [3.8, 4) is 11.4 Å². The Hall–Kier alpha value is -2.25. The number of hydrogen-bond donors (Lipinski definition) is 0.